The number of carbonyl (C=O) groups excluding carboxylic acids is 3. The summed E-state index contributed by atoms with van der Waals surface area (Å²) in [6.45, 7) is 5.43. The molecule has 2 aliphatic heterocycles. The third kappa shape index (κ3) is 4.29. The van der Waals surface area contributed by atoms with E-state index in [1.165, 1.54) is 0 Å². The first-order valence-corrected chi connectivity index (χ1v) is 10.6. The van der Waals surface area contributed by atoms with Gasteiger partial charge in [-0.05, 0) is 56.0 Å². The quantitative estimate of drug-likeness (QED) is 0.568. The molecule has 0 saturated carbocycles. The molecule has 3 heterocycles. The molecule has 2 saturated heterocycles. The summed E-state index contributed by atoms with van der Waals surface area (Å²) in [6, 6.07) is 8.15. The van der Waals surface area contributed by atoms with E-state index in [4.69, 9.17) is 16.3 Å². The largest absolute Gasteiger partial charge is 0.376 e. The van der Waals surface area contributed by atoms with Gasteiger partial charge in [0.05, 0.1) is 12.6 Å². The number of imide groups is 2. The van der Waals surface area contributed by atoms with Crippen LogP contribution in [0.3, 0.4) is 0 Å². The van der Waals surface area contributed by atoms with Gasteiger partial charge in [-0.25, -0.2) is 4.79 Å². The normalized spacial score (nSPS) is 20.6. The Kier molecular flexibility index (Phi) is 5.98. The van der Waals surface area contributed by atoms with Crippen molar-refractivity contribution < 1.29 is 19.1 Å². The predicted molar refractivity (Wildman–Crippen MR) is 116 cm³/mol. The minimum Gasteiger partial charge on any atom is -0.376 e. The maximum atomic E-state index is 13.1. The molecule has 0 bridgehead atoms. The van der Waals surface area contributed by atoms with Crippen molar-refractivity contribution in [3.63, 3.8) is 0 Å². The van der Waals surface area contributed by atoms with Crippen LogP contribution in [0.15, 0.2) is 35.9 Å². The van der Waals surface area contributed by atoms with Gasteiger partial charge < -0.3 is 9.30 Å². The van der Waals surface area contributed by atoms with Gasteiger partial charge in [-0.1, -0.05) is 29.8 Å². The summed E-state index contributed by atoms with van der Waals surface area (Å²) in [4.78, 5) is 38.9. The lowest BCUT2D eigenvalue weighted by Gasteiger charge is -2.26. The van der Waals surface area contributed by atoms with E-state index >= 15 is 0 Å². The number of rotatable bonds is 5. The second kappa shape index (κ2) is 8.69. The second-order valence-corrected chi connectivity index (χ2v) is 8.28. The highest BCUT2D eigenvalue weighted by Gasteiger charge is 2.36. The average Bonchev–Trinajstić information content (AvgIpc) is 3.33. The van der Waals surface area contributed by atoms with Crippen molar-refractivity contribution in [3.05, 3.63) is 63.4 Å². The van der Waals surface area contributed by atoms with Crippen LogP contribution in [0.1, 0.15) is 35.4 Å². The van der Waals surface area contributed by atoms with Gasteiger partial charge in [-0.15, -0.1) is 0 Å². The molecule has 2 fully saturated rings. The van der Waals surface area contributed by atoms with Gasteiger partial charge in [0.1, 0.15) is 5.57 Å². The SMILES string of the molecule is Cc1cc(/C=C2\C(=O)NC(=O)N(Cc3ccccc3Cl)C2=O)c(C)n1C[C@H]1CCCO1. The van der Waals surface area contributed by atoms with Crippen molar-refractivity contribution in [2.24, 2.45) is 0 Å². The number of urea groups is 1. The first kappa shape index (κ1) is 21.3. The summed E-state index contributed by atoms with van der Waals surface area (Å²) >= 11 is 6.18. The lowest BCUT2D eigenvalue weighted by molar-refractivity contribution is -0.130. The first-order chi connectivity index (χ1) is 14.8. The molecule has 1 N–H and O–H groups in total. The fraction of sp³-hybridized carbons (Fsp3) is 0.348. The van der Waals surface area contributed by atoms with Crippen molar-refractivity contribution in [1.82, 2.24) is 14.8 Å². The molecule has 31 heavy (non-hydrogen) atoms. The minimum atomic E-state index is -0.754. The molecular weight excluding hydrogens is 418 g/mol. The minimum absolute atomic E-state index is 0.0208. The number of aromatic nitrogens is 1. The molecule has 1 aromatic carbocycles. The Labute approximate surface area is 185 Å². The lowest BCUT2D eigenvalue weighted by atomic mass is 10.1. The maximum Gasteiger partial charge on any atom is 0.331 e. The number of nitrogens with zero attached hydrogens (tertiary/aromatic N) is 2. The van der Waals surface area contributed by atoms with Crippen LogP contribution in [0.4, 0.5) is 4.79 Å². The number of hydrogen-bond donors (Lipinski definition) is 1. The van der Waals surface area contributed by atoms with Gasteiger partial charge in [0.25, 0.3) is 11.8 Å². The number of benzene rings is 1. The number of ether oxygens (including phenoxy) is 1. The van der Waals surface area contributed by atoms with E-state index in [-0.39, 0.29) is 18.2 Å². The molecule has 0 unspecified atom stereocenters. The van der Waals surface area contributed by atoms with Crippen molar-refractivity contribution in [1.29, 1.82) is 0 Å². The first-order valence-electron chi connectivity index (χ1n) is 10.3. The highest BCUT2D eigenvalue weighted by Crippen LogP contribution is 2.25. The van der Waals surface area contributed by atoms with E-state index in [1.807, 2.05) is 19.9 Å². The van der Waals surface area contributed by atoms with E-state index in [9.17, 15) is 14.4 Å². The fourth-order valence-corrected chi connectivity index (χ4v) is 4.23. The third-order valence-electron chi connectivity index (χ3n) is 5.79. The Balaban J connectivity index is 1.62. The smallest absolute Gasteiger partial charge is 0.331 e. The molecule has 4 rings (SSSR count). The second-order valence-electron chi connectivity index (χ2n) is 7.87. The molecular formula is C23H24ClN3O4. The van der Waals surface area contributed by atoms with Crippen LogP contribution >= 0.6 is 11.6 Å². The van der Waals surface area contributed by atoms with Gasteiger partial charge in [0.15, 0.2) is 0 Å². The number of halogens is 1. The Hall–Kier alpha value is -2.90. The Morgan fingerprint density at radius 2 is 2.00 bits per heavy atom. The van der Waals surface area contributed by atoms with Crippen molar-refractivity contribution in [2.75, 3.05) is 6.61 Å². The zero-order chi connectivity index (χ0) is 22.1. The third-order valence-corrected chi connectivity index (χ3v) is 6.16. The number of aryl methyl sites for hydroxylation is 1. The molecule has 8 heteroatoms. The molecule has 1 aromatic heterocycles. The van der Waals surface area contributed by atoms with E-state index in [0.717, 1.165) is 47.8 Å². The predicted octanol–water partition coefficient (Wildman–Crippen LogP) is 3.60. The molecule has 2 aromatic rings. The molecule has 0 spiro atoms. The van der Waals surface area contributed by atoms with Gasteiger partial charge in [-0.3, -0.25) is 19.8 Å². The van der Waals surface area contributed by atoms with Crippen LogP contribution in [-0.4, -0.2) is 40.0 Å². The fourth-order valence-electron chi connectivity index (χ4n) is 4.04. The van der Waals surface area contributed by atoms with Crippen LogP contribution < -0.4 is 5.32 Å². The number of carbonyl (C=O) groups is 3. The molecule has 4 amide bonds. The van der Waals surface area contributed by atoms with Crippen LogP contribution in [0.5, 0.6) is 0 Å². The topological polar surface area (TPSA) is 80.6 Å². The van der Waals surface area contributed by atoms with E-state index in [1.54, 1.807) is 30.3 Å². The van der Waals surface area contributed by atoms with Crippen LogP contribution in [-0.2, 0) is 27.4 Å². The summed E-state index contributed by atoms with van der Waals surface area (Å²) in [7, 11) is 0. The van der Waals surface area contributed by atoms with Gasteiger partial charge in [0.2, 0.25) is 0 Å². The standard InChI is InChI=1S/C23H24ClN3O4/c1-14-10-17(15(2)26(14)13-18-7-5-9-31-18)11-19-21(28)25-23(30)27(22(19)29)12-16-6-3-4-8-20(16)24/h3-4,6,8,10-11,18H,5,7,9,12-13H2,1-2H3,(H,25,28,30)/b19-11+/t18-/m1/s1. The Morgan fingerprint density at radius 1 is 1.23 bits per heavy atom. The van der Waals surface area contributed by atoms with Crippen molar-refractivity contribution in [2.45, 2.75) is 45.9 Å². The monoisotopic (exact) mass is 441 g/mol. The van der Waals surface area contributed by atoms with Crippen molar-refractivity contribution in [3.8, 4) is 0 Å². The highest BCUT2D eigenvalue weighted by atomic mass is 35.5. The zero-order valence-corrected chi connectivity index (χ0v) is 18.2. The number of hydrogen-bond acceptors (Lipinski definition) is 4. The average molecular weight is 442 g/mol. The molecule has 1 atom stereocenters. The molecule has 0 radical (unpaired) electrons. The van der Waals surface area contributed by atoms with Gasteiger partial charge >= 0.3 is 6.03 Å². The summed E-state index contributed by atoms with van der Waals surface area (Å²) in [6.07, 6.45) is 3.81. The highest BCUT2D eigenvalue weighted by molar-refractivity contribution is 6.32. The number of nitrogens with one attached hydrogen (secondary N) is 1. The summed E-state index contributed by atoms with van der Waals surface area (Å²) in [5.74, 6) is -1.34. The summed E-state index contributed by atoms with van der Waals surface area (Å²) in [5.41, 5.74) is 3.27. The lowest BCUT2D eigenvalue weighted by Crippen LogP contribution is -2.53. The van der Waals surface area contributed by atoms with Crippen molar-refractivity contribution >= 4 is 35.5 Å². The van der Waals surface area contributed by atoms with Gasteiger partial charge in [-0.2, -0.15) is 0 Å². The van der Waals surface area contributed by atoms with Gasteiger partial charge in [0, 0.05) is 29.6 Å². The van der Waals surface area contributed by atoms with E-state index < -0.39 is 17.8 Å². The van der Waals surface area contributed by atoms with Crippen LogP contribution in [0.25, 0.3) is 6.08 Å². The maximum absolute atomic E-state index is 13.1. The summed E-state index contributed by atoms with van der Waals surface area (Å²) in [5, 5.41) is 2.71. The number of amides is 4. The molecule has 162 valence electrons. The zero-order valence-electron chi connectivity index (χ0n) is 17.5. The van der Waals surface area contributed by atoms with Crippen LogP contribution in [0.2, 0.25) is 5.02 Å². The molecule has 2 aliphatic rings. The number of barbiturate groups is 1. The molecule has 7 nitrogen and oxygen atoms in total. The van der Waals surface area contributed by atoms with Crippen LogP contribution in [0, 0.1) is 13.8 Å². The Morgan fingerprint density at radius 3 is 2.71 bits per heavy atom. The molecule has 0 aliphatic carbocycles. The Bertz CT molecular complexity index is 1080. The van der Waals surface area contributed by atoms with E-state index in [2.05, 4.69) is 9.88 Å². The summed E-state index contributed by atoms with van der Waals surface area (Å²) < 4.78 is 7.88. The van der Waals surface area contributed by atoms with E-state index in [0.29, 0.717) is 10.6 Å².